The zero-order valence-electron chi connectivity index (χ0n) is 29.3. The van der Waals surface area contributed by atoms with Crippen molar-refractivity contribution in [1.29, 1.82) is 0 Å². The van der Waals surface area contributed by atoms with E-state index in [4.69, 9.17) is 9.47 Å². The first-order chi connectivity index (χ1) is 23.8. The molecule has 9 nitrogen and oxygen atoms in total. The standard InChI is InChI=1S/C36H44F6N4O5/c1-22-30(35(37,38)39)31(36(40,41)42)32(46(22)16-7-17-50-5)26-8-6-15-45(21-26)29(48)19-27(44-33(49)51-34(2,3)4)18-23-9-11-24(12-10-23)25-13-14-28(47)43-20-25/h9-14,20,26-27H,6-8,15-19,21H2,1-5H3,(H,43,47)(H,44,49). The normalized spacial score (nSPS) is 16.2. The number of piperidine rings is 1. The number of hydrogen-bond donors (Lipinski definition) is 2. The van der Waals surface area contributed by atoms with E-state index in [1.54, 1.807) is 33.0 Å². The molecular formula is C36H44F6N4O5. The second-order valence-corrected chi connectivity index (χ2v) is 13.8. The first-order valence-electron chi connectivity index (χ1n) is 16.7. The van der Waals surface area contributed by atoms with Gasteiger partial charge < -0.3 is 29.2 Å². The average Bonchev–Trinajstić information content (AvgIpc) is 3.34. The number of halogens is 6. The zero-order valence-corrected chi connectivity index (χ0v) is 29.3. The van der Waals surface area contributed by atoms with E-state index in [9.17, 15) is 40.7 Å². The third kappa shape index (κ3) is 10.4. The molecule has 280 valence electrons. The van der Waals surface area contributed by atoms with Gasteiger partial charge in [-0.05, 0) is 76.1 Å². The number of nitrogens with zero attached hydrogens (tertiary/aromatic N) is 2. The summed E-state index contributed by atoms with van der Waals surface area (Å²) in [7, 11) is 1.39. The minimum atomic E-state index is -5.29. The number of pyridine rings is 1. The van der Waals surface area contributed by atoms with Crippen LogP contribution in [0.2, 0.25) is 0 Å². The third-order valence-electron chi connectivity index (χ3n) is 8.72. The summed E-state index contributed by atoms with van der Waals surface area (Å²) in [5.41, 5.74) is -3.16. The summed E-state index contributed by atoms with van der Waals surface area (Å²) >= 11 is 0. The number of carbonyl (C=O) groups is 2. The molecule has 15 heteroatoms. The Labute approximate surface area is 292 Å². The number of methoxy groups -OCH3 is 1. The molecule has 3 aromatic rings. The highest BCUT2D eigenvalue weighted by atomic mass is 19.4. The van der Waals surface area contributed by atoms with Crippen molar-refractivity contribution in [3.63, 3.8) is 0 Å². The van der Waals surface area contributed by atoms with Gasteiger partial charge in [0.15, 0.2) is 0 Å². The lowest BCUT2D eigenvalue weighted by molar-refractivity contribution is -0.162. The van der Waals surface area contributed by atoms with E-state index < -0.39 is 64.4 Å². The van der Waals surface area contributed by atoms with Crippen LogP contribution < -0.4 is 10.9 Å². The molecular weight excluding hydrogens is 682 g/mol. The molecule has 0 saturated carbocycles. The molecule has 0 radical (unpaired) electrons. The fourth-order valence-electron chi connectivity index (χ4n) is 6.60. The van der Waals surface area contributed by atoms with E-state index in [1.165, 1.54) is 18.1 Å². The van der Waals surface area contributed by atoms with Crippen LogP contribution in [0.4, 0.5) is 31.1 Å². The van der Waals surface area contributed by atoms with Gasteiger partial charge >= 0.3 is 18.4 Å². The van der Waals surface area contributed by atoms with Crippen LogP contribution in [0.5, 0.6) is 0 Å². The monoisotopic (exact) mass is 726 g/mol. The molecule has 0 spiro atoms. The SMILES string of the molecule is COCCCn1c(C)c(C(F)(F)F)c(C(F)(F)F)c1C1CCCN(C(=O)CC(Cc2ccc(-c3ccc(=O)[nH]c3)cc2)NC(=O)OC(C)(C)C)C1. The topological polar surface area (TPSA) is 106 Å². The predicted molar refractivity (Wildman–Crippen MR) is 178 cm³/mol. The lowest BCUT2D eigenvalue weighted by atomic mass is 9.90. The first kappa shape index (κ1) is 39.5. The number of alkyl halides is 6. The molecule has 2 unspecified atom stereocenters. The molecule has 2 N–H and O–H groups in total. The number of rotatable bonds is 11. The molecule has 0 aliphatic carbocycles. The number of aromatic nitrogens is 2. The lowest BCUT2D eigenvalue weighted by Crippen LogP contribution is -2.46. The van der Waals surface area contributed by atoms with Crippen LogP contribution in [0.3, 0.4) is 0 Å². The van der Waals surface area contributed by atoms with Crippen LogP contribution in [0.1, 0.15) is 80.5 Å². The first-order valence-corrected chi connectivity index (χ1v) is 16.7. The summed E-state index contributed by atoms with van der Waals surface area (Å²) in [5.74, 6) is -1.49. The Kier molecular flexibility index (Phi) is 12.4. The number of H-pyrrole nitrogens is 1. The largest absolute Gasteiger partial charge is 0.444 e. The van der Waals surface area contributed by atoms with Gasteiger partial charge in [-0.15, -0.1) is 0 Å². The number of ether oxygens (including phenoxy) is 2. The van der Waals surface area contributed by atoms with Crippen LogP contribution in [0.15, 0.2) is 47.4 Å². The third-order valence-corrected chi connectivity index (χ3v) is 8.72. The number of alkyl carbamates (subject to hydrolysis) is 1. The van der Waals surface area contributed by atoms with E-state index in [-0.39, 0.29) is 63.9 Å². The van der Waals surface area contributed by atoms with E-state index >= 15 is 0 Å². The molecule has 4 rings (SSSR count). The van der Waals surface area contributed by atoms with Crippen LogP contribution >= 0.6 is 0 Å². The van der Waals surface area contributed by atoms with Crippen LogP contribution in [0, 0.1) is 6.92 Å². The summed E-state index contributed by atoms with van der Waals surface area (Å²) in [6.45, 7) is 6.07. The van der Waals surface area contributed by atoms with Gasteiger partial charge in [0.1, 0.15) is 5.60 Å². The molecule has 1 saturated heterocycles. The van der Waals surface area contributed by atoms with E-state index in [0.717, 1.165) is 28.2 Å². The number of nitrogens with one attached hydrogen (secondary N) is 2. The number of hydrogen-bond acceptors (Lipinski definition) is 5. The number of likely N-dealkylation sites (tertiary alicyclic amines) is 1. The van der Waals surface area contributed by atoms with Crippen molar-refractivity contribution in [2.24, 2.45) is 0 Å². The summed E-state index contributed by atoms with van der Waals surface area (Å²) in [5, 5.41) is 2.74. The van der Waals surface area contributed by atoms with Gasteiger partial charge in [0.2, 0.25) is 11.5 Å². The molecule has 2 amide bonds. The minimum absolute atomic E-state index is 0.124. The van der Waals surface area contributed by atoms with Gasteiger partial charge in [0.25, 0.3) is 0 Å². The Morgan fingerprint density at radius 2 is 1.63 bits per heavy atom. The minimum Gasteiger partial charge on any atom is -0.444 e. The van der Waals surface area contributed by atoms with Gasteiger partial charge in [-0.2, -0.15) is 26.3 Å². The Morgan fingerprint density at radius 1 is 0.980 bits per heavy atom. The quantitative estimate of drug-likeness (QED) is 0.158. The fraction of sp³-hybridized carbons (Fsp3) is 0.528. The molecule has 1 aromatic carbocycles. The van der Waals surface area contributed by atoms with Crippen LogP contribution in [0.25, 0.3) is 11.1 Å². The van der Waals surface area contributed by atoms with Gasteiger partial charge in [-0.1, -0.05) is 24.3 Å². The van der Waals surface area contributed by atoms with E-state index in [2.05, 4.69) is 10.3 Å². The zero-order chi connectivity index (χ0) is 37.7. The highest BCUT2D eigenvalue weighted by molar-refractivity contribution is 5.78. The van der Waals surface area contributed by atoms with Crippen molar-refractivity contribution in [1.82, 2.24) is 19.8 Å². The number of benzene rings is 1. The maximum absolute atomic E-state index is 14.5. The second-order valence-electron chi connectivity index (χ2n) is 13.8. The molecule has 1 fully saturated rings. The summed E-state index contributed by atoms with van der Waals surface area (Å²) in [4.78, 5) is 42.0. The maximum atomic E-state index is 14.5. The molecule has 2 aromatic heterocycles. The smallest absolute Gasteiger partial charge is 0.418 e. The van der Waals surface area contributed by atoms with Gasteiger partial charge in [-0.25, -0.2) is 4.79 Å². The highest BCUT2D eigenvalue weighted by Gasteiger charge is 2.50. The van der Waals surface area contributed by atoms with E-state index in [1.807, 2.05) is 24.3 Å². The number of carbonyl (C=O) groups excluding carboxylic acids is 2. The molecule has 2 atom stereocenters. The van der Waals surface area contributed by atoms with E-state index in [0.29, 0.717) is 0 Å². The fourth-order valence-corrected chi connectivity index (χ4v) is 6.60. The molecule has 1 aliphatic heterocycles. The average molecular weight is 727 g/mol. The predicted octanol–water partition coefficient (Wildman–Crippen LogP) is 7.46. The van der Waals surface area contributed by atoms with Crippen LogP contribution in [-0.4, -0.2) is 64.9 Å². The summed E-state index contributed by atoms with van der Waals surface area (Å²) in [6, 6.07) is 9.55. The Bertz CT molecular complexity index is 1700. The van der Waals surface area contributed by atoms with Gasteiger partial charge in [0.05, 0.1) is 11.1 Å². The Balaban J connectivity index is 1.61. The van der Waals surface area contributed by atoms with Crippen molar-refractivity contribution in [2.75, 3.05) is 26.8 Å². The molecule has 0 bridgehead atoms. The molecule has 3 heterocycles. The highest BCUT2D eigenvalue weighted by Crippen LogP contribution is 2.48. The van der Waals surface area contributed by atoms with Crippen molar-refractivity contribution in [3.05, 3.63) is 81.0 Å². The molecule has 1 aliphatic rings. The second kappa shape index (κ2) is 16.0. The Hall–Kier alpha value is -4.27. The number of aromatic amines is 1. The summed E-state index contributed by atoms with van der Waals surface area (Å²) in [6.07, 6.45) is -9.16. The number of amides is 2. The lowest BCUT2D eigenvalue weighted by Gasteiger charge is -2.35. The van der Waals surface area contributed by atoms with Crippen molar-refractivity contribution >= 4 is 12.0 Å². The summed E-state index contributed by atoms with van der Waals surface area (Å²) < 4.78 is 97.6. The van der Waals surface area contributed by atoms with Crippen molar-refractivity contribution in [3.8, 4) is 11.1 Å². The Morgan fingerprint density at radius 3 is 2.20 bits per heavy atom. The van der Waals surface area contributed by atoms with Crippen LogP contribution in [-0.2, 0) is 39.6 Å². The van der Waals surface area contributed by atoms with Crippen molar-refractivity contribution < 1.29 is 45.4 Å². The van der Waals surface area contributed by atoms with Gasteiger partial charge in [0, 0.05) is 75.4 Å². The molecule has 51 heavy (non-hydrogen) atoms. The van der Waals surface area contributed by atoms with Gasteiger partial charge in [-0.3, -0.25) is 9.59 Å². The van der Waals surface area contributed by atoms with Crippen molar-refractivity contribution in [2.45, 2.75) is 96.3 Å². The maximum Gasteiger partial charge on any atom is 0.418 e.